The number of aromatic amines is 1. The van der Waals surface area contributed by atoms with E-state index in [9.17, 15) is 4.79 Å². The summed E-state index contributed by atoms with van der Waals surface area (Å²) in [4.78, 5) is 32.3. The summed E-state index contributed by atoms with van der Waals surface area (Å²) in [6.07, 6.45) is 3.77. The fourth-order valence-electron chi connectivity index (χ4n) is 4.71. The van der Waals surface area contributed by atoms with Gasteiger partial charge in [0.1, 0.15) is 0 Å². The average molecular weight is 536 g/mol. The highest BCUT2D eigenvalue weighted by atomic mass is 16.1. The maximum Gasteiger partial charge on any atom is 0.261 e. The number of piperazine rings is 1. The van der Waals surface area contributed by atoms with E-state index in [2.05, 4.69) is 54.3 Å². The number of anilines is 3. The Balaban J connectivity index is 1.44. The van der Waals surface area contributed by atoms with E-state index < -0.39 is 0 Å². The first-order valence-electron chi connectivity index (χ1n) is 13.3. The second-order valence-corrected chi connectivity index (χ2v) is 10.3. The SMILES string of the molecule is [C-]#[N+]c1[nH]nc2nc(Nc3cccc(N4CCN(C)CC4)c3)nc(-c3cccc(CC(=O)/C=C/CN(C)C)c3)c12. The van der Waals surface area contributed by atoms with E-state index in [1.807, 2.05) is 61.5 Å². The zero-order valence-electron chi connectivity index (χ0n) is 23.1. The van der Waals surface area contributed by atoms with Crippen LogP contribution in [-0.2, 0) is 11.2 Å². The van der Waals surface area contributed by atoms with Crippen LogP contribution in [0.4, 0.5) is 23.1 Å². The number of fused-ring (bicyclic) bond motifs is 1. The van der Waals surface area contributed by atoms with Crippen LogP contribution in [0.25, 0.3) is 27.1 Å². The Hall–Kier alpha value is -4.59. The number of benzene rings is 2. The van der Waals surface area contributed by atoms with Gasteiger partial charge in [-0.2, -0.15) is 4.98 Å². The van der Waals surface area contributed by atoms with Crippen LogP contribution in [0.1, 0.15) is 5.56 Å². The van der Waals surface area contributed by atoms with Crippen LogP contribution < -0.4 is 10.2 Å². The van der Waals surface area contributed by atoms with Crippen LogP contribution in [0.15, 0.2) is 60.7 Å². The number of allylic oxidation sites excluding steroid dienone is 1. The van der Waals surface area contributed by atoms with Gasteiger partial charge in [-0.3, -0.25) is 4.79 Å². The second kappa shape index (κ2) is 12.1. The monoisotopic (exact) mass is 535 g/mol. The molecule has 0 spiro atoms. The minimum Gasteiger partial charge on any atom is -0.369 e. The number of rotatable bonds is 9. The van der Waals surface area contributed by atoms with Crippen LogP contribution in [0.5, 0.6) is 0 Å². The summed E-state index contributed by atoms with van der Waals surface area (Å²) in [5, 5.41) is 11.0. The Morgan fingerprint density at radius 1 is 1.12 bits per heavy atom. The molecule has 1 aliphatic rings. The van der Waals surface area contributed by atoms with Crippen molar-refractivity contribution < 1.29 is 4.79 Å². The molecule has 0 radical (unpaired) electrons. The van der Waals surface area contributed by atoms with Gasteiger partial charge >= 0.3 is 0 Å². The molecule has 5 rings (SSSR count). The van der Waals surface area contributed by atoms with Crippen LogP contribution in [0, 0.1) is 6.57 Å². The molecule has 2 aromatic carbocycles. The minimum absolute atomic E-state index is 0.0274. The molecule has 3 heterocycles. The van der Waals surface area contributed by atoms with E-state index in [-0.39, 0.29) is 18.0 Å². The number of likely N-dealkylation sites (N-methyl/N-ethyl adjacent to an activating group) is 2. The van der Waals surface area contributed by atoms with Gasteiger partial charge in [0.05, 0.1) is 11.1 Å². The number of nitrogens with one attached hydrogen (secondary N) is 2. The number of carbonyl (C=O) groups excluding carboxylic acids is 1. The molecule has 10 nitrogen and oxygen atoms in total. The lowest BCUT2D eigenvalue weighted by molar-refractivity contribution is -0.114. The molecule has 0 amide bonds. The Morgan fingerprint density at radius 3 is 2.70 bits per heavy atom. The van der Waals surface area contributed by atoms with E-state index in [4.69, 9.17) is 11.6 Å². The summed E-state index contributed by atoms with van der Waals surface area (Å²) >= 11 is 0. The molecule has 2 N–H and O–H groups in total. The zero-order chi connectivity index (χ0) is 28.1. The van der Waals surface area contributed by atoms with Gasteiger partial charge in [0.15, 0.2) is 11.4 Å². The highest BCUT2D eigenvalue weighted by Gasteiger charge is 2.19. The predicted octanol–water partition coefficient (Wildman–Crippen LogP) is 4.30. The summed E-state index contributed by atoms with van der Waals surface area (Å²) in [7, 11) is 6.06. The molecule has 0 saturated carbocycles. The number of carbonyl (C=O) groups is 1. The summed E-state index contributed by atoms with van der Waals surface area (Å²) in [5.41, 5.74) is 4.65. The zero-order valence-corrected chi connectivity index (χ0v) is 23.1. The molecule has 0 unspecified atom stereocenters. The Morgan fingerprint density at radius 2 is 1.93 bits per heavy atom. The van der Waals surface area contributed by atoms with Crippen molar-refractivity contribution in [2.24, 2.45) is 0 Å². The predicted molar refractivity (Wildman–Crippen MR) is 159 cm³/mol. The molecule has 4 aromatic rings. The Labute approximate surface area is 234 Å². The van der Waals surface area contributed by atoms with Crippen molar-refractivity contribution in [3.05, 3.63) is 77.7 Å². The molecule has 0 bridgehead atoms. The molecule has 40 heavy (non-hydrogen) atoms. The van der Waals surface area contributed by atoms with Gasteiger partial charge in [-0.25, -0.2) is 10.1 Å². The highest BCUT2D eigenvalue weighted by Crippen LogP contribution is 2.34. The van der Waals surface area contributed by atoms with Crippen LogP contribution >= 0.6 is 0 Å². The average Bonchev–Trinajstić information content (AvgIpc) is 3.36. The second-order valence-electron chi connectivity index (χ2n) is 10.3. The maximum atomic E-state index is 12.5. The maximum absolute atomic E-state index is 12.5. The number of aromatic nitrogens is 4. The van der Waals surface area contributed by atoms with Crippen LogP contribution in [0.3, 0.4) is 0 Å². The van der Waals surface area contributed by atoms with Crippen molar-refractivity contribution in [1.29, 1.82) is 0 Å². The third kappa shape index (κ3) is 6.34. The third-order valence-corrected chi connectivity index (χ3v) is 6.83. The van der Waals surface area contributed by atoms with E-state index in [0.29, 0.717) is 29.2 Å². The lowest BCUT2D eigenvalue weighted by Gasteiger charge is -2.34. The smallest absolute Gasteiger partial charge is 0.261 e. The fourth-order valence-corrected chi connectivity index (χ4v) is 4.71. The van der Waals surface area contributed by atoms with Gasteiger partial charge in [0, 0.05) is 56.1 Å². The van der Waals surface area contributed by atoms with Crippen LogP contribution in [-0.4, -0.2) is 89.6 Å². The first kappa shape index (κ1) is 27.0. The summed E-state index contributed by atoms with van der Waals surface area (Å²) in [5.74, 6) is 0.690. The van der Waals surface area contributed by atoms with Crippen molar-refractivity contribution in [1.82, 2.24) is 30.0 Å². The normalized spacial score (nSPS) is 14.2. The van der Waals surface area contributed by atoms with Crippen molar-refractivity contribution in [3.8, 4) is 11.3 Å². The van der Waals surface area contributed by atoms with E-state index in [1.54, 1.807) is 6.08 Å². The minimum atomic E-state index is 0.0274. The topological polar surface area (TPSA) is 97.6 Å². The summed E-state index contributed by atoms with van der Waals surface area (Å²) < 4.78 is 0. The van der Waals surface area contributed by atoms with Gasteiger partial charge in [-0.15, -0.1) is 0 Å². The van der Waals surface area contributed by atoms with Gasteiger partial charge in [-0.05, 0) is 57.0 Å². The van der Waals surface area contributed by atoms with E-state index in [1.165, 1.54) is 0 Å². The van der Waals surface area contributed by atoms with Crippen LogP contribution in [0.2, 0.25) is 0 Å². The molecule has 204 valence electrons. The lowest BCUT2D eigenvalue weighted by atomic mass is 10.0. The number of H-pyrrole nitrogens is 1. The number of hydrogen-bond acceptors (Lipinski definition) is 8. The third-order valence-electron chi connectivity index (χ3n) is 6.83. The Kier molecular flexibility index (Phi) is 8.15. The number of nitrogens with zero attached hydrogens (tertiary/aromatic N) is 7. The van der Waals surface area contributed by atoms with Gasteiger partial charge in [0.25, 0.3) is 5.82 Å². The molecule has 0 aliphatic carbocycles. The van der Waals surface area contributed by atoms with E-state index in [0.717, 1.165) is 48.7 Å². The Bertz CT molecular complexity index is 1580. The number of ketones is 1. The van der Waals surface area contributed by atoms with Gasteiger partial charge in [-0.1, -0.05) is 42.0 Å². The molecule has 2 aromatic heterocycles. The largest absolute Gasteiger partial charge is 0.369 e. The molecule has 10 heteroatoms. The summed E-state index contributed by atoms with van der Waals surface area (Å²) in [6, 6.07) is 15.9. The standard InChI is InChI=1S/C30H33N9O/c1-31-28-26-27(22-9-5-8-21(18-22)19-25(40)12-7-13-37(2)3)33-30(34-29(26)36-35-28)32-23-10-6-11-24(20-23)39-16-14-38(4)15-17-39/h5-12,18,20H,13-17,19H2,2-4H3,(H2,32,33,34,35,36)/b12-7+. The quantitative estimate of drug-likeness (QED) is 0.242. The number of hydrogen-bond donors (Lipinski definition) is 2. The molecule has 0 atom stereocenters. The van der Waals surface area contributed by atoms with Crippen molar-refractivity contribution >= 4 is 40.0 Å². The first-order valence-corrected chi connectivity index (χ1v) is 13.3. The van der Waals surface area contributed by atoms with Crippen molar-refractivity contribution in [2.75, 3.05) is 64.1 Å². The molecule has 1 fully saturated rings. The lowest BCUT2D eigenvalue weighted by Crippen LogP contribution is -2.44. The molecule has 1 saturated heterocycles. The van der Waals surface area contributed by atoms with E-state index >= 15 is 0 Å². The van der Waals surface area contributed by atoms with Gasteiger partial charge < -0.3 is 24.9 Å². The van der Waals surface area contributed by atoms with Gasteiger partial charge in [0.2, 0.25) is 5.95 Å². The first-order chi connectivity index (χ1) is 19.4. The van der Waals surface area contributed by atoms with Crippen molar-refractivity contribution in [2.45, 2.75) is 6.42 Å². The molecule has 1 aliphatic heterocycles. The molecular formula is C30H33N9O. The fraction of sp³-hybridized carbons (Fsp3) is 0.300. The van der Waals surface area contributed by atoms with Crippen molar-refractivity contribution in [3.63, 3.8) is 0 Å². The highest BCUT2D eigenvalue weighted by molar-refractivity contribution is 6.00. The summed E-state index contributed by atoms with van der Waals surface area (Å²) in [6.45, 7) is 12.3. The molecular weight excluding hydrogens is 502 g/mol.